The Kier molecular flexibility index (Phi) is 7.92. The van der Waals surface area contributed by atoms with E-state index in [1.54, 1.807) is 6.92 Å². The Balaban J connectivity index is 1.59. The number of rotatable bonds is 10. The van der Waals surface area contributed by atoms with Crippen molar-refractivity contribution in [2.75, 3.05) is 18.4 Å². The number of nitrogens with zero attached hydrogens (tertiary/aromatic N) is 1. The highest BCUT2D eigenvalue weighted by Crippen LogP contribution is 2.37. The first kappa shape index (κ1) is 25.8. The third-order valence-electron chi connectivity index (χ3n) is 7.05. The summed E-state index contributed by atoms with van der Waals surface area (Å²) in [6, 6.07) is 35.1. The Morgan fingerprint density at radius 2 is 1.50 bits per heavy atom. The number of fused-ring (bicyclic) bond motifs is 1. The lowest BCUT2D eigenvalue weighted by Gasteiger charge is -2.25. The SMILES string of the molecule is CC(=O)c1ccc(NCCc2c(CCN)n(C(c3ccccc3)c3ccccc3)c3ccc(Cl)cc23)cc1. The van der Waals surface area contributed by atoms with Crippen LogP contribution < -0.4 is 11.1 Å². The van der Waals surface area contributed by atoms with E-state index in [0.29, 0.717) is 12.1 Å². The fraction of sp³-hybridized carbons (Fsp3) is 0.182. The van der Waals surface area contributed by atoms with Gasteiger partial charge in [0.25, 0.3) is 0 Å². The van der Waals surface area contributed by atoms with Crippen LogP contribution >= 0.6 is 11.6 Å². The maximum Gasteiger partial charge on any atom is 0.159 e. The van der Waals surface area contributed by atoms with Crippen LogP contribution in [0.25, 0.3) is 10.9 Å². The van der Waals surface area contributed by atoms with Crippen molar-refractivity contribution < 1.29 is 4.79 Å². The van der Waals surface area contributed by atoms with Crippen LogP contribution in [0.1, 0.15) is 45.7 Å². The van der Waals surface area contributed by atoms with Crippen molar-refractivity contribution in [2.45, 2.75) is 25.8 Å². The molecule has 0 aliphatic heterocycles. The fourth-order valence-corrected chi connectivity index (χ4v) is 5.48. The summed E-state index contributed by atoms with van der Waals surface area (Å²) in [5.74, 6) is 0.0686. The molecule has 0 saturated heterocycles. The Bertz CT molecular complexity index is 1490. The van der Waals surface area contributed by atoms with E-state index >= 15 is 0 Å². The van der Waals surface area contributed by atoms with Crippen molar-refractivity contribution in [3.8, 4) is 0 Å². The second-order valence-electron chi connectivity index (χ2n) is 9.53. The molecular formula is C33H32ClN3O. The van der Waals surface area contributed by atoms with Gasteiger partial charge >= 0.3 is 0 Å². The molecule has 0 aliphatic carbocycles. The quantitative estimate of drug-likeness (QED) is 0.190. The Morgan fingerprint density at radius 1 is 0.868 bits per heavy atom. The number of nitrogens with one attached hydrogen (secondary N) is 1. The molecule has 0 atom stereocenters. The predicted molar refractivity (Wildman–Crippen MR) is 158 cm³/mol. The van der Waals surface area contributed by atoms with Crippen molar-refractivity contribution in [2.24, 2.45) is 5.73 Å². The third kappa shape index (κ3) is 5.38. The van der Waals surface area contributed by atoms with Gasteiger partial charge in [0, 0.05) is 45.8 Å². The Hall–Kier alpha value is -3.86. The standard InChI is InChI=1S/C33H32ClN3O/c1-23(38)24-12-15-28(16-13-24)36-21-19-29-30-22-27(34)14-17-31(30)37(32(29)18-20-35)33(25-8-4-2-5-9-25)26-10-6-3-7-11-26/h2-17,22,33,36H,18-21,35H2,1H3. The van der Waals surface area contributed by atoms with Gasteiger partial charge in [0.15, 0.2) is 5.78 Å². The van der Waals surface area contributed by atoms with Gasteiger partial charge in [0.2, 0.25) is 0 Å². The minimum atomic E-state index is 0.00320. The van der Waals surface area contributed by atoms with Crippen LogP contribution in [-0.4, -0.2) is 23.4 Å². The number of hydrogen-bond acceptors (Lipinski definition) is 3. The van der Waals surface area contributed by atoms with E-state index in [0.717, 1.165) is 41.0 Å². The zero-order valence-corrected chi connectivity index (χ0v) is 22.3. The van der Waals surface area contributed by atoms with E-state index in [4.69, 9.17) is 17.3 Å². The van der Waals surface area contributed by atoms with E-state index < -0.39 is 0 Å². The molecule has 0 spiro atoms. The number of ketones is 1. The number of halogens is 1. The van der Waals surface area contributed by atoms with Crippen molar-refractivity contribution in [1.29, 1.82) is 0 Å². The molecule has 38 heavy (non-hydrogen) atoms. The molecule has 1 heterocycles. The minimum Gasteiger partial charge on any atom is -0.385 e. The van der Waals surface area contributed by atoms with Crippen LogP contribution in [-0.2, 0) is 12.8 Å². The molecule has 192 valence electrons. The molecule has 5 aromatic rings. The summed E-state index contributed by atoms with van der Waals surface area (Å²) in [6.45, 7) is 2.87. The molecule has 0 aliphatic rings. The predicted octanol–water partition coefficient (Wildman–Crippen LogP) is 7.29. The van der Waals surface area contributed by atoms with Crippen LogP contribution in [0.4, 0.5) is 5.69 Å². The molecule has 0 saturated carbocycles. The highest BCUT2D eigenvalue weighted by atomic mass is 35.5. The molecule has 0 unspecified atom stereocenters. The number of nitrogens with two attached hydrogens (primary N) is 1. The molecular weight excluding hydrogens is 490 g/mol. The van der Waals surface area contributed by atoms with Crippen LogP contribution in [0, 0.1) is 0 Å². The number of carbonyl (C=O) groups is 1. The Morgan fingerprint density at radius 3 is 2.08 bits per heavy atom. The lowest BCUT2D eigenvalue weighted by Crippen LogP contribution is -2.18. The third-order valence-corrected chi connectivity index (χ3v) is 7.28. The van der Waals surface area contributed by atoms with Gasteiger partial charge in [-0.1, -0.05) is 72.3 Å². The number of Topliss-reactive ketones (excluding diaryl/α,β-unsaturated/α-hetero) is 1. The lowest BCUT2D eigenvalue weighted by atomic mass is 9.97. The first-order valence-electron chi connectivity index (χ1n) is 13.0. The first-order valence-corrected chi connectivity index (χ1v) is 13.4. The molecule has 5 heteroatoms. The molecule has 3 N–H and O–H groups in total. The topological polar surface area (TPSA) is 60.1 Å². The number of carbonyl (C=O) groups excluding carboxylic acids is 1. The van der Waals surface area contributed by atoms with E-state index in [1.165, 1.54) is 22.4 Å². The van der Waals surface area contributed by atoms with Crippen molar-refractivity contribution in [3.05, 3.63) is 136 Å². The summed E-state index contributed by atoms with van der Waals surface area (Å²) < 4.78 is 2.46. The van der Waals surface area contributed by atoms with Crippen LogP contribution in [0.15, 0.2) is 103 Å². The normalized spacial score (nSPS) is 11.3. The zero-order valence-electron chi connectivity index (χ0n) is 21.5. The number of aromatic nitrogens is 1. The summed E-state index contributed by atoms with van der Waals surface area (Å²) in [4.78, 5) is 11.6. The molecule has 0 bridgehead atoms. The monoisotopic (exact) mass is 521 g/mol. The van der Waals surface area contributed by atoms with Gasteiger partial charge in [0.05, 0.1) is 6.04 Å². The molecule has 0 amide bonds. The molecule has 4 aromatic carbocycles. The van der Waals surface area contributed by atoms with Gasteiger partial charge in [0.1, 0.15) is 0 Å². The van der Waals surface area contributed by atoms with E-state index in [2.05, 4.69) is 82.7 Å². The van der Waals surface area contributed by atoms with E-state index in [9.17, 15) is 4.79 Å². The average molecular weight is 522 g/mol. The molecule has 5 rings (SSSR count). The molecule has 4 nitrogen and oxygen atoms in total. The van der Waals surface area contributed by atoms with E-state index in [-0.39, 0.29) is 11.8 Å². The average Bonchev–Trinajstić information content (AvgIpc) is 3.22. The second kappa shape index (κ2) is 11.7. The highest BCUT2D eigenvalue weighted by Gasteiger charge is 2.25. The summed E-state index contributed by atoms with van der Waals surface area (Å²) in [5.41, 5.74) is 14.0. The van der Waals surface area contributed by atoms with Gasteiger partial charge in [-0.25, -0.2) is 0 Å². The van der Waals surface area contributed by atoms with Gasteiger partial charge in [-0.3, -0.25) is 4.79 Å². The maximum absolute atomic E-state index is 11.6. The summed E-state index contributed by atoms with van der Waals surface area (Å²) in [6.07, 6.45) is 1.56. The number of anilines is 1. The van der Waals surface area contributed by atoms with Crippen LogP contribution in [0.5, 0.6) is 0 Å². The number of hydrogen-bond donors (Lipinski definition) is 2. The van der Waals surface area contributed by atoms with Crippen LogP contribution in [0.2, 0.25) is 5.02 Å². The van der Waals surface area contributed by atoms with E-state index in [1.807, 2.05) is 30.3 Å². The summed E-state index contributed by atoms with van der Waals surface area (Å²) in [7, 11) is 0. The Labute approximate surface area is 229 Å². The zero-order chi connectivity index (χ0) is 26.5. The number of benzene rings is 4. The summed E-state index contributed by atoms with van der Waals surface area (Å²) in [5, 5.41) is 5.41. The van der Waals surface area contributed by atoms with Gasteiger partial charge in [-0.15, -0.1) is 0 Å². The smallest absolute Gasteiger partial charge is 0.159 e. The fourth-order valence-electron chi connectivity index (χ4n) is 5.30. The van der Waals surface area contributed by atoms with Crippen LogP contribution in [0.3, 0.4) is 0 Å². The van der Waals surface area contributed by atoms with Gasteiger partial charge < -0.3 is 15.6 Å². The van der Waals surface area contributed by atoms with Gasteiger partial charge in [-0.05, 0) is 79.0 Å². The molecule has 0 radical (unpaired) electrons. The second-order valence-corrected chi connectivity index (χ2v) is 9.97. The first-order chi connectivity index (χ1) is 18.6. The van der Waals surface area contributed by atoms with Crippen molar-refractivity contribution in [3.63, 3.8) is 0 Å². The highest BCUT2D eigenvalue weighted by molar-refractivity contribution is 6.31. The van der Waals surface area contributed by atoms with Crippen molar-refractivity contribution in [1.82, 2.24) is 4.57 Å². The lowest BCUT2D eigenvalue weighted by molar-refractivity contribution is 0.101. The van der Waals surface area contributed by atoms with Gasteiger partial charge in [-0.2, -0.15) is 0 Å². The summed E-state index contributed by atoms with van der Waals surface area (Å²) >= 11 is 6.54. The maximum atomic E-state index is 11.6. The minimum absolute atomic E-state index is 0.00320. The van der Waals surface area contributed by atoms with Crippen molar-refractivity contribution >= 4 is 34.0 Å². The molecule has 1 aromatic heterocycles. The molecule has 0 fully saturated rings. The largest absolute Gasteiger partial charge is 0.385 e.